The summed E-state index contributed by atoms with van der Waals surface area (Å²) in [6.07, 6.45) is 8.45. The second kappa shape index (κ2) is 4.20. The molecule has 0 aromatic carbocycles. The molecule has 1 fully saturated rings. The number of nitrogens with two attached hydrogens (primary N) is 1. The van der Waals surface area contributed by atoms with Crippen LogP contribution in [0, 0.1) is 0 Å². The topological polar surface area (TPSA) is 64.9 Å². The summed E-state index contributed by atoms with van der Waals surface area (Å²) in [4.78, 5) is 4.12. The van der Waals surface area contributed by atoms with Gasteiger partial charge in [-0.15, -0.1) is 0 Å². The molecule has 4 heteroatoms. The largest absolute Gasteiger partial charge is 0.367 e. The highest BCUT2D eigenvalue weighted by molar-refractivity contribution is 5.74. The van der Waals surface area contributed by atoms with E-state index in [0.717, 1.165) is 16.8 Å². The van der Waals surface area contributed by atoms with Crippen LogP contribution in [-0.4, -0.2) is 10.1 Å². The van der Waals surface area contributed by atoms with E-state index in [9.17, 15) is 0 Å². The van der Waals surface area contributed by atoms with Gasteiger partial charge < -0.3 is 10.3 Å². The van der Waals surface area contributed by atoms with Gasteiger partial charge in [0, 0.05) is 23.9 Å². The quantitative estimate of drug-likeness (QED) is 0.859. The number of rotatable bonds is 2. The normalized spacial score (nSPS) is 16.5. The first-order valence-electron chi connectivity index (χ1n) is 6.01. The van der Waals surface area contributed by atoms with Gasteiger partial charge in [-0.2, -0.15) is 0 Å². The molecule has 1 saturated carbocycles. The highest BCUT2D eigenvalue weighted by atomic mass is 16.5. The van der Waals surface area contributed by atoms with Gasteiger partial charge in [0.2, 0.25) is 5.88 Å². The molecule has 0 radical (unpaired) electrons. The molecule has 0 amide bonds. The molecular weight excluding hydrogens is 214 g/mol. The van der Waals surface area contributed by atoms with E-state index in [1.54, 1.807) is 12.4 Å². The summed E-state index contributed by atoms with van der Waals surface area (Å²) in [5.41, 5.74) is 8.82. The Labute approximate surface area is 99.8 Å². The summed E-state index contributed by atoms with van der Waals surface area (Å²) in [6.45, 7) is 0. The van der Waals surface area contributed by atoms with Gasteiger partial charge >= 0.3 is 0 Å². The van der Waals surface area contributed by atoms with Gasteiger partial charge in [-0.3, -0.25) is 4.98 Å². The monoisotopic (exact) mass is 229 g/mol. The van der Waals surface area contributed by atoms with E-state index < -0.39 is 0 Å². The highest BCUT2D eigenvalue weighted by Crippen LogP contribution is 2.40. The maximum atomic E-state index is 5.88. The molecule has 0 aliphatic heterocycles. The second-order valence-corrected chi connectivity index (χ2v) is 4.53. The first-order valence-corrected chi connectivity index (χ1v) is 6.01. The molecule has 2 heterocycles. The average Bonchev–Trinajstić information content (AvgIpc) is 2.98. The molecule has 0 bridgehead atoms. The van der Waals surface area contributed by atoms with Crippen LogP contribution in [0.15, 0.2) is 29.0 Å². The first kappa shape index (κ1) is 10.3. The van der Waals surface area contributed by atoms with Crippen LogP contribution >= 0.6 is 0 Å². The molecule has 4 nitrogen and oxygen atoms in total. The highest BCUT2D eigenvalue weighted by Gasteiger charge is 2.26. The van der Waals surface area contributed by atoms with Gasteiger partial charge in [-0.1, -0.05) is 24.1 Å². The summed E-state index contributed by atoms with van der Waals surface area (Å²) in [5.74, 6) is 0.895. The van der Waals surface area contributed by atoms with E-state index in [4.69, 9.17) is 10.3 Å². The van der Waals surface area contributed by atoms with Crippen LogP contribution in [-0.2, 0) is 0 Å². The molecule has 2 aromatic heterocycles. The third-order valence-electron chi connectivity index (χ3n) is 3.44. The Kier molecular flexibility index (Phi) is 2.55. The van der Waals surface area contributed by atoms with E-state index in [2.05, 4.69) is 10.1 Å². The molecule has 2 N–H and O–H groups in total. The molecule has 0 saturated heterocycles. The maximum absolute atomic E-state index is 5.88. The van der Waals surface area contributed by atoms with Gasteiger partial charge in [-0.05, 0) is 18.9 Å². The van der Waals surface area contributed by atoms with Gasteiger partial charge in [-0.25, -0.2) is 0 Å². The molecule has 0 spiro atoms. The molecule has 17 heavy (non-hydrogen) atoms. The third kappa shape index (κ3) is 1.79. The number of hydrogen-bond acceptors (Lipinski definition) is 4. The van der Waals surface area contributed by atoms with Crippen molar-refractivity contribution < 1.29 is 4.52 Å². The summed E-state index contributed by atoms with van der Waals surface area (Å²) in [5, 5.41) is 4.15. The Bertz CT molecular complexity index is 501. The van der Waals surface area contributed by atoms with Gasteiger partial charge in [0.15, 0.2) is 0 Å². The van der Waals surface area contributed by atoms with E-state index in [-0.39, 0.29) is 0 Å². The van der Waals surface area contributed by atoms with Crippen molar-refractivity contribution in [3.05, 3.63) is 30.2 Å². The van der Waals surface area contributed by atoms with Crippen molar-refractivity contribution >= 4 is 5.88 Å². The minimum atomic E-state index is 0.403. The number of hydrogen-bond donors (Lipinski definition) is 1. The van der Waals surface area contributed by atoms with Crippen molar-refractivity contribution in [1.82, 2.24) is 10.1 Å². The lowest BCUT2D eigenvalue weighted by atomic mass is 9.96. The fraction of sp³-hybridized carbons (Fsp3) is 0.385. The van der Waals surface area contributed by atoms with Crippen molar-refractivity contribution in [1.29, 1.82) is 0 Å². The molecule has 88 valence electrons. The van der Waals surface area contributed by atoms with Crippen molar-refractivity contribution in [2.24, 2.45) is 0 Å². The lowest BCUT2D eigenvalue weighted by molar-refractivity contribution is 0.420. The minimum absolute atomic E-state index is 0.403. The summed E-state index contributed by atoms with van der Waals surface area (Å²) in [7, 11) is 0. The zero-order valence-corrected chi connectivity index (χ0v) is 9.60. The van der Waals surface area contributed by atoms with E-state index >= 15 is 0 Å². The number of pyridine rings is 1. The molecule has 0 unspecified atom stereocenters. The predicted molar refractivity (Wildman–Crippen MR) is 65.4 cm³/mol. The van der Waals surface area contributed by atoms with Crippen LogP contribution in [0.1, 0.15) is 37.3 Å². The number of nitrogen functional groups attached to an aromatic ring is 1. The van der Waals surface area contributed by atoms with Gasteiger partial charge in [0.05, 0.1) is 11.3 Å². The van der Waals surface area contributed by atoms with Crippen LogP contribution in [0.3, 0.4) is 0 Å². The van der Waals surface area contributed by atoms with Crippen molar-refractivity contribution in [2.45, 2.75) is 31.6 Å². The lowest BCUT2D eigenvalue weighted by Crippen LogP contribution is -1.96. The van der Waals surface area contributed by atoms with Crippen LogP contribution in [0.5, 0.6) is 0 Å². The molecule has 2 aromatic rings. The Balaban J connectivity index is 2.06. The first-order chi connectivity index (χ1) is 8.36. The van der Waals surface area contributed by atoms with Gasteiger partial charge in [0.1, 0.15) is 0 Å². The van der Waals surface area contributed by atoms with Crippen LogP contribution in [0.4, 0.5) is 5.88 Å². The Morgan fingerprint density at radius 3 is 2.82 bits per heavy atom. The van der Waals surface area contributed by atoms with E-state index in [0.29, 0.717) is 11.8 Å². The summed E-state index contributed by atoms with van der Waals surface area (Å²) < 4.78 is 5.16. The van der Waals surface area contributed by atoms with Crippen molar-refractivity contribution in [3.63, 3.8) is 0 Å². The molecule has 1 aliphatic carbocycles. The second-order valence-electron chi connectivity index (χ2n) is 4.53. The fourth-order valence-corrected chi connectivity index (χ4v) is 2.59. The molecule has 0 atom stereocenters. The Morgan fingerprint density at radius 2 is 2.12 bits per heavy atom. The number of nitrogens with zero attached hydrogens (tertiary/aromatic N) is 2. The average molecular weight is 229 g/mol. The van der Waals surface area contributed by atoms with Gasteiger partial charge in [0.25, 0.3) is 0 Å². The standard InChI is InChI=1S/C13H15N3O/c14-13-11(10-6-3-7-15-8-10)12(16-17-13)9-4-1-2-5-9/h3,6-9H,1-2,4-5,14H2. The Morgan fingerprint density at radius 1 is 1.29 bits per heavy atom. The van der Waals surface area contributed by atoms with Crippen molar-refractivity contribution in [3.8, 4) is 11.1 Å². The Hall–Kier alpha value is -1.84. The predicted octanol–water partition coefficient (Wildman–Crippen LogP) is 2.98. The van der Waals surface area contributed by atoms with Crippen LogP contribution < -0.4 is 5.73 Å². The molecule has 3 rings (SSSR count). The summed E-state index contributed by atoms with van der Waals surface area (Å²) >= 11 is 0. The zero-order chi connectivity index (χ0) is 11.7. The number of anilines is 1. The molecular formula is C13H15N3O. The smallest absolute Gasteiger partial charge is 0.230 e. The van der Waals surface area contributed by atoms with E-state index in [1.165, 1.54) is 25.7 Å². The minimum Gasteiger partial charge on any atom is -0.367 e. The zero-order valence-electron chi connectivity index (χ0n) is 9.60. The molecule has 1 aliphatic rings. The van der Waals surface area contributed by atoms with Crippen LogP contribution in [0.2, 0.25) is 0 Å². The van der Waals surface area contributed by atoms with E-state index in [1.807, 2.05) is 12.1 Å². The third-order valence-corrected chi connectivity index (χ3v) is 3.44. The van der Waals surface area contributed by atoms with Crippen LogP contribution in [0.25, 0.3) is 11.1 Å². The van der Waals surface area contributed by atoms with Crippen molar-refractivity contribution in [2.75, 3.05) is 5.73 Å². The maximum Gasteiger partial charge on any atom is 0.230 e. The fourth-order valence-electron chi connectivity index (χ4n) is 2.59. The summed E-state index contributed by atoms with van der Waals surface area (Å²) in [6, 6.07) is 3.90. The number of aromatic nitrogens is 2. The SMILES string of the molecule is Nc1onc(C2CCCC2)c1-c1cccnc1. The lowest BCUT2D eigenvalue weighted by Gasteiger charge is -2.07.